The van der Waals surface area contributed by atoms with Crippen LogP contribution in [-0.2, 0) is 14.8 Å². The first-order valence-electron chi connectivity index (χ1n) is 8.26. The van der Waals surface area contributed by atoms with Crippen LogP contribution in [0.5, 0.6) is 0 Å². The summed E-state index contributed by atoms with van der Waals surface area (Å²) < 4.78 is 28.6. The van der Waals surface area contributed by atoms with Gasteiger partial charge in [0.15, 0.2) is 0 Å². The Bertz CT molecular complexity index is 804. The maximum absolute atomic E-state index is 11.4. The number of hydrogen-bond donors (Lipinski definition) is 3. The summed E-state index contributed by atoms with van der Waals surface area (Å²) in [5.41, 5.74) is 5.98. The van der Waals surface area contributed by atoms with Gasteiger partial charge in [-0.25, -0.2) is 13.6 Å². The number of fused-ring (bicyclic) bond motifs is 3. The molecule has 9 heteroatoms. The number of primary sulfonamides is 1. The lowest BCUT2D eigenvalue weighted by atomic mass is 9.81. The van der Waals surface area contributed by atoms with E-state index >= 15 is 0 Å². The number of hydrogen-bond acceptors (Lipinski definition) is 5. The molecule has 3 aliphatic rings. The van der Waals surface area contributed by atoms with E-state index in [9.17, 15) is 8.42 Å². The van der Waals surface area contributed by atoms with Crippen molar-refractivity contribution in [2.45, 2.75) is 18.9 Å². The summed E-state index contributed by atoms with van der Waals surface area (Å²) >= 11 is 11.2. The largest absolute Gasteiger partial charge is 0.493 e. The van der Waals surface area contributed by atoms with E-state index < -0.39 is 10.0 Å². The van der Waals surface area contributed by atoms with Gasteiger partial charge in [-0.2, -0.15) is 0 Å². The summed E-state index contributed by atoms with van der Waals surface area (Å²) in [6, 6.07) is 4.93. The molecule has 142 valence electrons. The second-order valence-electron chi connectivity index (χ2n) is 6.57. The van der Waals surface area contributed by atoms with E-state index in [2.05, 4.69) is 5.32 Å². The Labute approximate surface area is 163 Å². The van der Waals surface area contributed by atoms with Crippen LogP contribution in [-0.4, -0.2) is 27.6 Å². The van der Waals surface area contributed by atoms with E-state index in [1.165, 1.54) is 0 Å². The standard InChI is InChI=1S/C11H16N2O3S.C6H5Cl2N/c12-17(14,15)7-1-2-10-9(5-7)8-3-4-13-6-11(8)16-10;7-4-1-5(8)3-6(9)2-4/h1-2,8-9,11,13H,3-6H2,(H2,12,14,15);1-3H,9H2. The first-order chi connectivity index (χ1) is 12.2. The molecule has 0 amide bonds. The van der Waals surface area contributed by atoms with E-state index in [0.717, 1.165) is 25.3 Å². The number of nitrogen functional groups attached to an aromatic ring is 1. The summed E-state index contributed by atoms with van der Waals surface area (Å²) in [6.07, 6.45) is 5.06. The Morgan fingerprint density at radius 1 is 1.15 bits per heavy atom. The Hall–Kier alpha value is -1.25. The van der Waals surface area contributed by atoms with Crippen LogP contribution < -0.4 is 16.2 Å². The van der Waals surface area contributed by atoms with Gasteiger partial charge < -0.3 is 15.8 Å². The highest BCUT2D eigenvalue weighted by Gasteiger charge is 2.44. The fourth-order valence-corrected chi connectivity index (χ4v) is 4.79. The summed E-state index contributed by atoms with van der Waals surface area (Å²) in [5.74, 6) is 1.55. The molecule has 1 aromatic rings. The highest BCUT2D eigenvalue weighted by Crippen LogP contribution is 2.44. The molecule has 6 nitrogen and oxygen atoms in total. The van der Waals surface area contributed by atoms with Gasteiger partial charge in [0.2, 0.25) is 10.0 Å². The molecule has 26 heavy (non-hydrogen) atoms. The molecule has 0 saturated carbocycles. The van der Waals surface area contributed by atoms with Gasteiger partial charge in [-0.1, -0.05) is 23.2 Å². The number of rotatable bonds is 1. The average Bonchev–Trinajstić information content (AvgIpc) is 2.91. The number of halogens is 2. The van der Waals surface area contributed by atoms with Crippen LogP contribution in [0.1, 0.15) is 12.8 Å². The highest BCUT2D eigenvalue weighted by molar-refractivity contribution is 7.93. The minimum absolute atomic E-state index is 0.188. The van der Waals surface area contributed by atoms with Crippen LogP contribution in [0, 0.1) is 11.8 Å². The smallest absolute Gasteiger partial charge is 0.234 e. The zero-order valence-electron chi connectivity index (χ0n) is 14.0. The van der Waals surface area contributed by atoms with Crippen LogP contribution in [0.2, 0.25) is 10.0 Å². The molecule has 2 aliphatic heterocycles. The second kappa shape index (κ2) is 7.78. The molecule has 5 N–H and O–H groups in total. The Kier molecular flexibility index (Phi) is 5.84. The Morgan fingerprint density at radius 3 is 2.46 bits per heavy atom. The summed E-state index contributed by atoms with van der Waals surface area (Å²) in [4.78, 5) is 0.328. The third kappa shape index (κ3) is 4.53. The van der Waals surface area contributed by atoms with Crippen molar-refractivity contribution in [3.8, 4) is 0 Å². The molecule has 1 aromatic carbocycles. The number of piperidine rings is 1. The summed E-state index contributed by atoms with van der Waals surface area (Å²) in [5, 5.41) is 9.62. The van der Waals surface area contributed by atoms with Crippen molar-refractivity contribution in [3.05, 3.63) is 51.1 Å². The number of nitrogens with one attached hydrogen (secondary N) is 1. The lowest BCUT2D eigenvalue weighted by Gasteiger charge is -2.27. The van der Waals surface area contributed by atoms with Gasteiger partial charge in [-0.3, -0.25) is 0 Å². The molecule has 0 radical (unpaired) electrons. The monoisotopic (exact) mass is 417 g/mol. The van der Waals surface area contributed by atoms with Gasteiger partial charge >= 0.3 is 0 Å². The molecule has 2 fully saturated rings. The number of nitrogens with two attached hydrogens (primary N) is 2. The first kappa shape index (κ1) is 19.5. The van der Waals surface area contributed by atoms with Crippen molar-refractivity contribution in [3.63, 3.8) is 0 Å². The van der Waals surface area contributed by atoms with Crippen molar-refractivity contribution in [2.75, 3.05) is 18.8 Å². The normalized spacial score (nSPS) is 27.1. The van der Waals surface area contributed by atoms with Crippen molar-refractivity contribution >= 4 is 38.9 Å². The molecule has 4 rings (SSSR count). The third-order valence-corrected chi connectivity index (χ3v) is 6.22. The van der Waals surface area contributed by atoms with Crippen molar-refractivity contribution in [1.29, 1.82) is 0 Å². The average molecular weight is 418 g/mol. The van der Waals surface area contributed by atoms with Crippen molar-refractivity contribution < 1.29 is 13.2 Å². The van der Waals surface area contributed by atoms with E-state index in [4.69, 9.17) is 38.8 Å². The van der Waals surface area contributed by atoms with Crippen LogP contribution >= 0.6 is 23.2 Å². The predicted octanol–water partition coefficient (Wildman–Crippen LogP) is 2.65. The van der Waals surface area contributed by atoms with Crippen molar-refractivity contribution in [2.24, 2.45) is 17.0 Å². The molecule has 0 spiro atoms. The van der Waals surface area contributed by atoms with Gasteiger partial charge in [-0.05, 0) is 49.7 Å². The quantitative estimate of drug-likeness (QED) is 0.608. The van der Waals surface area contributed by atoms with Gasteiger partial charge in [-0.15, -0.1) is 0 Å². The maximum Gasteiger partial charge on any atom is 0.234 e. The lowest BCUT2D eigenvalue weighted by Crippen LogP contribution is -2.40. The lowest BCUT2D eigenvalue weighted by molar-refractivity contribution is 0.108. The number of benzene rings is 1. The van der Waals surface area contributed by atoms with Crippen LogP contribution in [0.4, 0.5) is 5.69 Å². The zero-order chi connectivity index (χ0) is 18.9. The Balaban J connectivity index is 0.000000185. The topological polar surface area (TPSA) is 107 Å². The van der Waals surface area contributed by atoms with Crippen LogP contribution in [0.3, 0.4) is 0 Å². The Morgan fingerprint density at radius 2 is 1.85 bits per heavy atom. The minimum atomic E-state index is -3.56. The third-order valence-electron chi connectivity index (χ3n) is 4.75. The molecule has 2 saturated heterocycles. The number of ether oxygens (including phenoxy) is 1. The van der Waals surface area contributed by atoms with Gasteiger partial charge in [0.1, 0.15) is 11.9 Å². The highest BCUT2D eigenvalue weighted by atomic mass is 35.5. The molecule has 2 heterocycles. The first-order valence-corrected chi connectivity index (χ1v) is 10.6. The maximum atomic E-state index is 11.4. The fraction of sp³-hybridized carbons (Fsp3) is 0.412. The zero-order valence-corrected chi connectivity index (χ0v) is 16.3. The molecular formula is C17H21Cl2N3O3S. The summed E-state index contributed by atoms with van der Waals surface area (Å²) in [6.45, 7) is 1.83. The van der Waals surface area contributed by atoms with Gasteiger partial charge in [0, 0.05) is 34.1 Å². The molecule has 3 unspecified atom stereocenters. The molecule has 0 bridgehead atoms. The number of sulfonamides is 1. The van der Waals surface area contributed by atoms with E-state index in [1.54, 1.807) is 30.4 Å². The molecule has 3 atom stereocenters. The van der Waals surface area contributed by atoms with Crippen LogP contribution in [0.25, 0.3) is 0 Å². The molecule has 0 aromatic heterocycles. The van der Waals surface area contributed by atoms with Crippen LogP contribution in [0.15, 0.2) is 41.0 Å². The van der Waals surface area contributed by atoms with E-state index in [1.807, 2.05) is 0 Å². The van der Waals surface area contributed by atoms with Crippen molar-refractivity contribution in [1.82, 2.24) is 5.32 Å². The summed E-state index contributed by atoms with van der Waals surface area (Å²) in [7, 11) is -3.56. The van der Waals surface area contributed by atoms with E-state index in [-0.39, 0.29) is 12.0 Å². The van der Waals surface area contributed by atoms with E-state index in [0.29, 0.717) is 33.0 Å². The minimum Gasteiger partial charge on any atom is -0.493 e. The predicted molar refractivity (Wildman–Crippen MR) is 104 cm³/mol. The second-order valence-corrected chi connectivity index (χ2v) is 9.06. The molecule has 1 aliphatic carbocycles. The van der Waals surface area contributed by atoms with Gasteiger partial charge in [0.05, 0.1) is 4.91 Å². The molecular weight excluding hydrogens is 397 g/mol. The fourth-order valence-electron chi connectivity index (χ4n) is 3.57. The number of allylic oxidation sites excluding steroid dienone is 4. The van der Waals surface area contributed by atoms with Gasteiger partial charge in [0.25, 0.3) is 0 Å². The number of anilines is 1. The SMILES string of the molecule is NS(=O)(=O)C1=CC=C2OC3CNCCC3C2C1.Nc1cc(Cl)cc(Cl)c1.